The highest BCUT2D eigenvalue weighted by Gasteiger charge is 2.22. The number of ether oxygens (including phenoxy) is 1. The van der Waals surface area contributed by atoms with E-state index in [4.69, 9.17) is 17.0 Å². The van der Waals surface area contributed by atoms with E-state index in [1.54, 1.807) is 25.1 Å². The summed E-state index contributed by atoms with van der Waals surface area (Å²) in [5, 5.41) is 3.30. The van der Waals surface area contributed by atoms with Crippen molar-refractivity contribution in [1.82, 2.24) is 16.2 Å². The Bertz CT molecular complexity index is 1140. The van der Waals surface area contributed by atoms with Gasteiger partial charge in [0.2, 0.25) is 0 Å². The number of hydrogen-bond donors (Lipinski definition) is 4. The van der Waals surface area contributed by atoms with Crippen LogP contribution >= 0.6 is 12.2 Å². The van der Waals surface area contributed by atoms with Crippen LogP contribution in [-0.2, 0) is 20.2 Å². The molecule has 1 aliphatic heterocycles. The molecular weight excluding hydrogens is 472 g/mol. The molecule has 4 N–H and O–H groups in total. The van der Waals surface area contributed by atoms with Crippen LogP contribution in [-0.4, -0.2) is 38.7 Å². The lowest BCUT2D eigenvalue weighted by atomic mass is 9.87. The molecule has 0 bridgehead atoms. The van der Waals surface area contributed by atoms with E-state index in [-0.39, 0.29) is 16.4 Å². The molecule has 0 aliphatic carbocycles. The second kappa shape index (κ2) is 10.7. The minimum atomic E-state index is -3.79. The van der Waals surface area contributed by atoms with Gasteiger partial charge in [-0.05, 0) is 78.9 Å². The van der Waals surface area contributed by atoms with Crippen LogP contribution in [0.2, 0.25) is 0 Å². The second-order valence-electron chi connectivity index (χ2n) is 9.34. The van der Waals surface area contributed by atoms with Gasteiger partial charge in [-0.2, -0.15) is 0 Å². The first kappa shape index (κ1) is 25.9. The Labute approximate surface area is 206 Å². The third-order valence-electron chi connectivity index (χ3n) is 5.55. The molecule has 34 heavy (non-hydrogen) atoms. The molecule has 1 saturated heterocycles. The number of anilines is 1. The number of carbonyl (C=O) groups excluding carboxylic acids is 1. The zero-order chi connectivity index (χ0) is 24.9. The Kier molecular flexibility index (Phi) is 8.17. The van der Waals surface area contributed by atoms with Crippen LogP contribution in [0, 0.1) is 6.92 Å². The summed E-state index contributed by atoms with van der Waals surface area (Å²) >= 11 is 5.16. The van der Waals surface area contributed by atoms with Crippen LogP contribution < -0.4 is 20.9 Å². The summed E-state index contributed by atoms with van der Waals surface area (Å²) in [5.41, 5.74) is 7.30. The van der Waals surface area contributed by atoms with Gasteiger partial charge >= 0.3 is 0 Å². The number of nitrogens with one attached hydrogen (secondary N) is 4. The maximum Gasteiger partial charge on any atom is 0.269 e. The summed E-state index contributed by atoms with van der Waals surface area (Å²) in [5.74, 6) is -0.399. The summed E-state index contributed by atoms with van der Waals surface area (Å²) in [6, 6.07) is 11.6. The highest BCUT2D eigenvalue weighted by atomic mass is 32.2. The first-order valence-corrected chi connectivity index (χ1v) is 13.0. The molecule has 1 aliphatic rings. The Morgan fingerprint density at radius 1 is 1.12 bits per heavy atom. The van der Waals surface area contributed by atoms with Gasteiger partial charge in [0.05, 0.1) is 11.0 Å². The molecule has 0 unspecified atom stereocenters. The number of hydrogen-bond acceptors (Lipinski definition) is 5. The molecule has 2 aromatic rings. The van der Waals surface area contributed by atoms with E-state index in [0.29, 0.717) is 28.5 Å². The van der Waals surface area contributed by atoms with Gasteiger partial charge in [-0.3, -0.25) is 20.4 Å². The highest BCUT2D eigenvalue weighted by Crippen LogP contribution is 2.27. The molecule has 1 heterocycles. The Balaban J connectivity index is 1.58. The van der Waals surface area contributed by atoms with Gasteiger partial charge in [0.25, 0.3) is 15.9 Å². The Hall–Kier alpha value is -2.69. The number of hydrazine groups is 1. The minimum absolute atomic E-state index is 0.131. The molecule has 0 spiro atoms. The fourth-order valence-corrected chi connectivity index (χ4v) is 4.96. The molecule has 184 valence electrons. The van der Waals surface area contributed by atoms with Gasteiger partial charge in [-0.15, -0.1) is 0 Å². The van der Waals surface area contributed by atoms with E-state index in [9.17, 15) is 13.2 Å². The number of amides is 1. The van der Waals surface area contributed by atoms with Crippen LogP contribution in [0.25, 0.3) is 0 Å². The van der Waals surface area contributed by atoms with Gasteiger partial charge in [0.1, 0.15) is 0 Å². The van der Waals surface area contributed by atoms with E-state index in [1.165, 1.54) is 12.1 Å². The van der Waals surface area contributed by atoms with Crippen molar-refractivity contribution in [3.63, 3.8) is 0 Å². The van der Waals surface area contributed by atoms with Gasteiger partial charge in [-0.25, -0.2) is 8.42 Å². The average molecular weight is 505 g/mol. The first-order chi connectivity index (χ1) is 16.0. The number of sulfonamides is 1. The van der Waals surface area contributed by atoms with Crippen LogP contribution in [0.15, 0.2) is 47.4 Å². The van der Waals surface area contributed by atoms with Crippen molar-refractivity contribution in [2.45, 2.75) is 57.0 Å². The molecule has 3 rings (SSSR count). The third-order valence-corrected chi connectivity index (χ3v) is 7.32. The lowest BCUT2D eigenvalue weighted by Gasteiger charge is -2.21. The van der Waals surface area contributed by atoms with E-state index < -0.39 is 15.9 Å². The second-order valence-corrected chi connectivity index (χ2v) is 11.4. The quantitative estimate of drug-likeness (QED) is 0.353. The molecule has 0 aromatic heterocycles. The lowest BCUT2D eigenvalue weighted by Crippen LogP contribution is -2.48. The SMILES string of the molecule is Cc1ccc(C(C)(C)C)cc1S(=O)(=O)Nc1ccc(C(=O)NNC(=S)NC[C@@H]2CCCO2)cc1. The zero-order valence-electron chi connectivity index (χ0n) is 19.9. The van der Waals surface area contributed by atoms with Crippen molar-refractivity contribution >= 4 is 38.9 Å². The molecule has 0 saturated carbocycles. The number of aryl methyl sites for hydroxylation is 1. The number of thiocarbonyl (C=S) groups is 1. The van der Waals surface area contributed by atoms with Gasteiger partial charge < -0.3 is 10.1 Å². The van der Waals surface area contributed by atoms with Crippen molar-refractivity contribution in [3.05, 3.63) is 59.2 Å². The molecule has 8 nitrogen and oxygen atoms in total. The Morgan fingerprint density at radius 2 is 1.82 bits per heavy atom. The van der Waals surface area contributed by atoms with E-state index in [2.05, 4.69) is 20.9 Å². The Morgan fingerprint density at radius 3 is 2.44 bits per heavy atom. The fraction of sp³-hybridized carbons (Fsp3) is 0.417. The van der Waals surface area contributed by atoms with Gasteiger partial charge in [0, 0.05) is 24.4 Å². The van der Waals surface area contributed by atoms with Crippen LogP contribution in [0.3, 0.4) is 0 Å². The zero-order valence-corrected chi connectivity index (χ0v) is 21.5. The minimum Gasteiger partial charge on any atom is -0.376 e. The first-order valence-electron chi connectivity index (χ1n) is 11.2. The summed E-state index contributed by atoms with van der Waals surface area (Å²) in [6.45, 7) is 9.21. The van der Waals surface area contributed by atoms with Crippen LogP contribution in [0.1, 0.15) is 55.1 Å². The molecule has 1 atom stereocenters. The smallest absolute Gasteiger partial charge is 0.269 e. The van der Waals surface area contributed by atoms with Crippen molar-refractivity contribution in [1.29, 1.82) is 0 Å². The summed E-state index contributed by atoms with van der Waals surface area (Å²) in [6.07, 6.45) is 2.16. The third kappa shape index (κ3) is 6.91. The number of benzene rings is 2. The standard InChI is InChI=1S/C24H32N4O4S2/c1-16-7-10-18(24(2,3)4)14-21(16)34(30,31)28-19-11-8-17(9-12-19)22(29)26-27-23(33)25-15-20-6-5-13-32-20/h7-12,14,20,28H,5-6,13,15H2,1-4H3,(H,26,29)(H2,25,27,33)/t20-/m0/s1. The number of carbonyl (C=O) groups is 1. The number of rotatable bonds is 6. The fourth-order valence-electron chi connectivity index (χ4n) is 3.50. The van der Waals surface area contributed by atoms with Gasteiger partial charge in [-0.1, -0.05) is 32.9 Å². The average Bonchev–Trinajstić information content (AvgIpc) is 3.29. The van der Waals surface area contributed by atoms with Crippen molar-refractivity contribution in [3.8, 4) is 0 Å². The van der Waals surface area contributed by atoms with E-state index in [1.807, 2.05) is 32.9 Å². The van der Waals surface area contributed by atoms with Crippen LogP contribution in [0.5, 0.6) is 0 Å². The van der Waals surface area contributed by atoms with E-state index in [0.717, 1.165) is 25.0 Å². The van der Waals surface area contributed by atoms with Crippen LogP contribution in [0.4, 0.5) is 5.69 Å². The normalized spacial score (nSPS) is 16.1. The molecule has 2 aromatic carbocycles. The molecule has 1 amide bonds. The summed E-state index contributed by atoms with van der Waals surface area (Å²) in [4.78, 5) is 12.6. The maximum atomic E-state index is 13.0. The largest absolute Gasteiger partial charge is 0.376 e. The van der Waals surface area contributed by atoms with E-state index >= 15 is 0 Å². The summed E-state index contributed by atoms with van der Waals surface area (Å²) in [7, 11) is -3.79. The van der Waals surface area contributed by atoms with Crippen molar-refractivity contribution in [2.24, 2.45) is 0 Å². The van der Waals surface area contributed by atoms with Crippen molar-refractivity contribution < 1.29 is 17.9 Å². The monoisotopic (exact) mass is 504 g/mol. The van der Waals surface area contributed by atoms with Crippen molar-refractivity contribution in [2.75, 3.05) is 17.9 Å². The van der Waals surface area contributed by atoms with Gasteiger partial charge in [0.15, 0.2) is 5.11 Å². The predicted octanol–water partition coefficient (Wildman–Crippen LogP) is 3.38. The molecular formula is C24H32N4O4S2. The molecule has 10 heteroatoms. The topological polar surface area (TPSA) is 109 Å². The highest BCUT2D eigenvalue weighted by molar-refractivity contribution is 7.92. The maximum absolute atomic E-state index is 13.0. The molecule has 0 radical (unpaired) electrons. The summed E-state index contributed by atoms with van der Waals surface area (Å²) < 4.78 is 34.2. The predicted molar refractivity (Wildman–Crippen MR) is 137 cm³/mol. The lowest BCUT2D eigenvalue weighted by molar-refractivity contribution is 0.0943. The molecule has 1 fully saturated rings.